The molecule has 0 heterocycles. The lowest BCUT2D eigenvalue weighted by molar-refractivity contribution is -0.137. The third kappa shape index (κ3) is 3.25. The fraction of sp³-hybridized carbons (Fsp3) is 0.0769. The third-order valence-corrected chi connectivity index (χ3v) is 3.90. The van der Waals surface area contributed by atoms with E-state index in [0.29, 0.717) is 11.1 Å². The first-order chi connectivity index (χ1) is 9.18. The van der Waals surface area contributed by atoms with Crippen molar-refractivity contribution in [3.05, 3.63) is 54.1 Å². The van der Waals surface area contributed by atoms with E-state index in [4.69, 9.17) is 14.4 Å². The Morgan fingerprint density at radius 2 is 1.40 bits per heavy atom. The normalized spacial score (nSPS) is 12.5. The standard InChI is InChI=1S/C13H11F3O3Si/c14-13(15,16)11-3-1-2-10(8-11)9-4-6-12(7-5-9)20(17,18)19/h1-8,17-19H. The molecular formula is C13H11F3O3Si. The van der Waals surface area contributed by atoms with E-state index < -0.39 is 20.5 Å². The highest BCUT2D eigenvalue weighted by atomic mass is 28.4. The fourth-order valence-corrected chi connectivity index (χ4v) is 2.38. The van der Waals surface area contributed by atoms with Crippen LogP contribution in [0.25, 0.3) is 11.1 Å². The maximum Gasteiger partial charge on any atom is 0.528 e. The molecule has 0 bridgehead atoms. The van der Waals surface area contributed by atoms with Gasteiger partial charge < -0.3 is 14.4 Å². The highest BCUT2D eigenvalue weighted by molar-refractivity contribution is 6.71. The summed E-state index contributed by atoms with van der Waals surface area (Å²) < 4.78 is 37.8. The molecular weight excluding hydrogens is 289 g/mol. The summed E-state index contributed by atoms with van der Waals surface area (Å²) in [5.74, 6) is 0. The van der Waals surface area contributed by atoms with Crippen LogP contribution in [0.2, 0.25) is 0 Å². The van der Waals surface area contributed by atoms with Gasteiger partial charge in [-0.2, -0.15) is 13.2 Å². The van der Waals surface area contributed by atoms with Crippen molar-refractivity contribution in [3.63, 3.8) is 0 Å². The molecule has 0 aliphatic rings. The van der Waals surface area contributed by atoms with Gasteiger partial charge in [-0.15, -0.1) is 0 Å². The van der Waals surface area contributed by atoms with Gasteiger partial charge in [0, 0.05) is 5.19 Å². The van der Waals surface area contributed by atoms with E-state index in [1.165, 1.54) is 36.4 Å². The van der Waals surface area contributed by atoms with Gasteiger partial charge in [-0.3, -0.25) is 0 Å². The molecule has 106 valence electrons. The Morgan fingerprint density at radius 1 is 0.800 bits per heavy atom. The molecule has 0 atom stereocenters. The molecule has 3 nitrogen and oxygen atoms in total. The zero-order chi connectivity index (χ0) is 15.0. The van der Waals surface area contributed by atoms with Crippen molar-refractivity contribution in [3.8, 4) is 11.1 Å². The van der Waals surface area contributed by atoms with Crippen molar-refractivity contribution in [2.24, 2.45) is 0 Å². The second kappa shape index (κ2) is 5.02. The molecule has 2 rings (SSSR count). The monoisotopic (exact) mass is 300 g/mol. The van der Waals surface area contributed by atoms with Crippen LogP contribution in [-0.2, 0) is 6.18 Å². The van der Waals surface area contributed by atoms with Gasteiger partial charge in [0.2, 0.25) is 0 Å². The van der Waals surface area contributed by atoms with E-state index in [0.717, 1.165) is 12.1 Å². The van der Waals surface area contributed by atoms with E-state index >= 15 is 0 Å². The van der Waals surface area contributed by atoms with Crippen LogP contribution in [0.5, 0.6) is 0 Å². The summed E-state index contributed by atoms with van der Waals surface area (Å²) in [4.78, 5) is 27.3. The summed E-state index contributed by atoms with van der Waals surface area (Å²) in [6.07, 6.45) is -4.42. The van der Waals surface area contributed by atoms with Crippen LogP contribution in [0.3, 0.4) is 0 Å². The molecule has 2 aromatic rings. The third-order valence-electron chi connectivity index (χ3n) is 2.80. The highest BCUT2D eigenvalue weighted by Crippen LogP contribution is 2.31. The first-order valence-corrected chi connectivity index (χ1v) is 7.47. The molecule has 0 saturated carbocycles. The first-order valence-electron chi connectivity index (χ1n) is 5.63. The first kappa shape index (κ1) is 14.7. The summed E-state index contributed by atoms with van der Waals surface area (Å²) in [5, 5.41) is -0.0341. The van der Waals surface area contributed by atoms with Crippen LogP contribution >= 0.6 is 0 Å². The van der Waals surface area contributed by atoms with Gasteiger partial charge in [0.05, 0.1) is 5.56 Å². The molecule has 7 heteroatoms. The maximum atomic E-state index is 12.6. The molecule has 0 aliphatic heterocycles. The van der Waals surface area contributed by atoms with Crippen LogP contribution in [0, 0.1) is 0 Å². The lowest BCUT2D eigenvalue weighted by Crippen LogP contribution is -2.48. The van der Waals surface area contributed by atoms with Crippen molar-refractivity contribution in [2.75, 3.05) is 0 Å². The van der Waals surface area contributed by atoms with E-state index in [-0.39, 0.29) is 5.19 Å². The second-order valence-electron chi connectivity index (χ2n) is 4.29. The van der Waals surface area contributed by atoms with Gasteiger partial charge in [-0.25, -0.2) is 0 Å². The quantitative estimate of drug-likeness (QED) is 0.737. The van der Waals surface area contributed by atoms with E-state index in [1.54, 1.807) is 0 Å². The van der Waals surface area contributed by atoms with Gasteiger partial charge in [-0.05, 0) is 23.3 Å². The molecule has 0 spiro atoms. The average molecular weight is 300 g/mol. The van der Waals surface area contributed by atoms with Gasteiger partial charge in [0.15, 0.2) is 0 Å². The number of hydrogen-bond acceptors (Lipinski definition) is 3. The Kier molecular flexibility index (Phi) is 3.70. The Balaban J connectivity index is 2.38. The molecule has 2 aromatic carbocycles. The lowest BCUT2D eigenvalue weighted by atomic mass is 10.0. The predicted molar refractivity (Wildman–Crippen MR) is 68.9 cm³/mol. The Bertz CT molecular complexity index is 603. The average Bonchev–Trinajstić information content (AvgIpc) is 2.37. The van der Waals surface area contributed by atoms with Gasteiger partial charge >= 0.3 is 15.0 Å². The van der Waals surface area contributed by atoms with Crippen molar-refractivity contribution >= 4 is 14.0 Å². The molecule has 0 saturated heterocycles. The largest absolute Gasteiger partial charge is 0.528 e. The van der Waals surface area contributed by atoms with E-state index in [1.807, 2.05) is 0 Å². The Morgan fingerprint density at radius 3 is 1.90 bits per heavy atom. The van der Waals surface area contributed by atoms with Crippen molar-refractivity contribution in [1.29, 1.82) is 0 Å². The zero-order valence-corrected chi connectivity index (χ0v) is 11.1. The van der Waals surface area contributed by atoms with Gasteiger partial charge in [0.1, 0.15) is 0 Å². The lowest BCUT2D eigenvalue weighted by Gasteiger charge is -2.11. The number of halogens is 3. The Labute approximate surface area is 113 Å². The smallest absolute Gasteiger partial charge is 0.386 e. The van der Waals surface area contributed by atoms with Crippen LogP contribution in [0.15, 0.2) is 48.5 Å². The van der Waals surface area contributed by atoms with Gasteiger partial charge in [0.25, 0.3) is 0 Å². The fourth-order valence-electron chi connectivity index (χ4n) is 1.76. The SMILES string of the molecule is O[Si](O)(O)c1ccc(-c2cccc(C(F)(F)F)c2)cc1. The highest BCUT2D eigenvalue weighted by Gasteiger charge is 2.31. The second-order valence-corrected chi connectivity index (χ2v) is 6.14. The van der Waals surface area contributed by atoms with E-state index in [2.05, 4.69) is 0 Å². The Hall–Kier alpha value is -1.67. The van der Waals surface area contributed by atoms with Crippen molar-refractivity contribution < 1.29 is 27.6 Å². The van der Waals surface area contributed by atoms with Crippen LogP contribution in [0.1, 0.15) is 5.56 Å². The molecule has 0 aliphatic carbocycles. The minimum absolute atomic E-state index is 0.0341. The van der Waals surface area contributed by atoms with Crippen LogP contribution in [-0.4, -0.2) is 23.2 Å². The van der Waals surface area contributed by atoms with Crippen molar-refractivity contribution in [2.45, 2.75) is 6.18 Å². The summed E-state index contributed by atoms with van der Waals surface area (Å²) in [5.41, 5.74) is 0.0832. The van der Waals surface area contributed by atoms with E-state index in [9.17, 15) is 13.2 Å². The summed E-state index contributed by atoms with van der Waals surface area (Å²) in [7, 11) is -4.38. The summed E-state index contributed by atoms with van der Waals surface area (Å²) in [6, 6.07) is 10.2. The number of alkyl halides is 3. The molecule has 0 amide bonds. The zero-order valence-electron chi connectivity index (χ0n) is 10.1. The summed E-state index contributed by atoms with van der Waals surface area (Å²) >= 11 is 0. The molecule has 0 radical (unpaired) electrons. The minimum Gasteiger partial charge on any atom is -0.386 e. The number of rotatable bonds is 2. The van der Waals surface area contributed by atoms with Crippen LogP contribution in [0.4, 0.5) is 13.2 Å². The molecule has 20 heavy (non-hydrogen) atoms. The van der Waals surface area contributed by atoms with Crippen LogP contribution < -0.4 is 5.19 Å². The van der Waals surface area contributed by atoms with Crippen molar-refractivity contribution in [1.82, 2.24) is 0 Å². The molecule has 3 N–H and O–H groups in total. The molecule has 0 fully saturated rings. The number of benzene rings is 2. The minimum atomic E-state index is -4.42. The molecule has 0 aromatic heterocycles. The molecule has 0 unspecified atom stereocenters. The van der Waals surface area contributed by atoms with Gasteiger partial charge in [-0.1, -0.05) is 36.4 Å². The predicted octanol–water partition coefficient (Wildman–Crippen LogP) is 1.50. The number of hydrogen-bond donors (Lipinski definition) is 3. The summed E-state index contributed by atoms with van der Waals surface area (Å²) in [6.45, 7) is 0. The maximum absolute atomic E-state index is 12.6. The topological polar surface area (TPSA) is 60.7 Å².